The van der Waals surface area contributed by atoms with Crippen LogP contribution >= 0.6 is 0 Å². The second-order valence-electron chi connectivity index (χ2n) is 7.63. The summed E-state index contributed by atoms with van der Waals surface area (Å²) in [6, 6.07) is 8.59. The molecule has 1 amide bonds. The molecule has 0 spiro atoms. The first-order valence-corrected chi connectivity index (χ1v) is 9.65. The topological polar surface area (TPSA) is 41.6 Å². The number of nitrogens with zero attached hydrogens (tertiary/aromatic N) is 1. The molecule has 25 heavy (non-hydrogen) atoms. The molecule has 0 bridgehead atoms. The molecular formula is C21H34N2O2. The first-order valence-electron chi connectivity index (χ1n) is 9.65. The van der Waals surface area contributed by atoms with Crippen molar-refractivity contribution in [2.75, 3.05) is 25.5 Å². The molecule has 4 nitrogen and oxygen atoms in total. The van der Waals surface area contributed by atoms with Gasteiger partial charge in [-0.3, -0.25) is 4.79 Å². The zero-order valence-corrected chi connectivity index (χ0v) is 16.3. The molecule has 0 saturated heterocycles. The van der Waals surface area contributed by atoms with E-state index in [1.807, 2.05) is 21.0 Å². The van der Waals surface area contributed by atoms with Gasteiger partial charge in [-0.1, -0.05) is 31.9 Å². The van der Waals surface area contributed by atoms with Gasteiger partial charge in [-0.25, -0.2) is 0 Å². The number of anilines is 1. The normalized spacial score (nSPS) is 21.6. The zero-order chi connectivity index (χ0) is 18.2. The molecule has 2 rings (SSSR count). The molecule has 1 saturated carbocycles. The van der Waals surface area contributed by atoms with Crippen molar-refractivity contribution in [2.24, 2.45) is 5.92 Å². The number of carbonyl (C=O) groups is 1. The van der Waals surface area contributed by atoms with E-state index in [0.29, 0.717) is 12.5 Å². The molecule has 0 heterocycles. The Balaban J connectivity index is 1.64. The van der Waals surface area contributed by atoms with E-state index in [-0.39, 0.29) is 18.1 Å². The summed E-state index contributed by atoms with van der Waals surface area (Å²) in [5.41, 5.74) is 2.51. The van der Waals surface area contributed by atoms with Crippen molar-refractivity contribution < 1.29 is 9.53 Å². The minimum atomic E-state index is -0.352. The maximum Gasteiger partial charge on any atom is 0.248 e. The van der Waals surface area contributed by atoms with Gasteiger partial charge in [0, 0.05) is 26.3 Å². The van der Waals surface area contributed by atoms with Crippen LogP contribution in [0.2, 0.25) is 0 Å². The fourth-order valence-corrected chi connectivity index (χ4v) is 3.46. The highest BCUT2D eigenvalue weighted by Crippen LogP contribution is 2.26. The number of rotatable bonds is 8. The molecule has 0 aliphatic heterocycles. The van der Waals surface area contributed by atoms with Crippen LogP contribution in [0.5, 0.6) is 0 Å². The van der Waals surface area contributed by atoms with Gasteiger partial charge in [0.15, 0.2) is 0 Å². The van der Waals surface area contributed by atoms with Crippen molar-refractivity contribution >= 4 is 11.6 Å². The second-order valence-corrected chi connectivity index (χ2v) is 7.63. The van der Waals surface area contributed by atoms with Gasteiger partial charge in [0.25, 0.3) is 0 Å². The summed E-state index contributed by atoms with van der Waals surface area (Å²) in [4.78, 5) is 14.3. The molecular weight excluding hydrogens is 312 g/mol. The maximum absolute atomic E-state index is 12.2. The Labute approximate surface area is 152 Å². The molecule has 1 N–H and O–H groups in total. The minimum absolute atomic E-state index is 0.0150. The highest BCUT2D eigenvalue weighted by Gasteiger charge is 2.23. The average molecular weight is 347 g/mol. The number of aryl methyl sites for hydroxylation is 1. The highest BCUT2D eigenvalue weighted by atomic mass is 16.5. The second kappa shape index (κ2) is 9.81. The number of benzene rings is 1. The first-order chi connectivity index (χ1) is 12.0. The van der Waals surface area contributed by atoms with E-state index in [4.69, 9.17) is 4.74 Å². The fourth-order valence-electron chi connectivity index (χ4n) is 3.46. The van der Waals surface area contributed by atoms with E-state index in [2.05, 4.69) is 41.4 Å². The Morgan fingerprint density at radius 1 is 1.28 bits per heavy atom. The van der Waals surface area contributed by atoms with E-state index in [1.165, 1.54) is 24.1 Å². The van der Waals surface area contributed by atoms with Crippen LogP contribution in [-0.4, -0.2) is 38.8 Å². The Bertz CT molecular complexity index is 527. The Hall–Kier alpha value is -1.55. The summed E-state index contributed by atoms with van der Waals surface area (Å²) in [7, 11) is 4.09. The fraction of sp³-hybridized carbons (Fsp3) is 0.667. The van der Waals surface area contributed by atoms with E-state index in [0.717, 1.165) is 25.7 Å². The minimum Gasteiger partial charge on any atom is -0.378 e. The van der Waals surface area contributed by atoms with Gasteiger partial charge in [-0.05, 0) is 56.2 Å². The van der Waals surface area contributed by atoms with E-state index < -0.39 is 0 Å². The maximum atomic E-state index is 12.2. The van der Waals surface area contributed by atoms with Crippen molar-refractivity contribution in [3.8, 4) is 0 Å². The molecule has 1 aliphatic carbocycles. The van der Waals surface area contributed by atoms with E-state index in [9.17, 15) is 4.79 Å². The predicted molar refractivity (Wildman–Crippen MR) is 104 cm³/mol. The molecule has 0 aromatic heterocycles. The van der Waals surface area contributed by atoms with Gasteiger partial charge in [0.05, 0.1) is 6.10 Å². The summed E-state index contributed by atoms with van der Waals surface area (Å²) < 4.78 is 5.96. The summed E-state index contributed by atoms with van der Waals surface area (Å²) in [6.07, 6.45) is 6.49. The molecule has 3 atom stereocenters. The summed E-state index contributed by atoms with van der Waals surface area (Å²) in [5, 5.41) is 3.01. The number of hydrogen-bond acceptors (Lipinski definition) is 3. The lowest BCUT2D eigenvalue weighted by Crippen LogP contribution is -2.38. The Kier molecular flexibility index (Phi) is 7.76. The Morgan fingerprint density at radius 3 is 2.64 bits per heavy atom. The summed E-state index contributed by atoms with van der Waals surface area (Å²) >= 11 is 0. The number of amides is 1. The van der Waals surface area contributed by atoms with Gasteiger partial charge < -0.3 is 15.0 Å². The third kappa shape index (κ3) is 6.69. The van der Waals surface area contributed by atoms with Crippen LogP contribution in [-0.2, 0) is 16.0 Å². The van der Waals surface area contributed by atoms with Gasteiger partial charge in [-0.2, -0.15) is 0 Å². The lowest BCUT2D eigenvalue weighted by atomic mass is 9.88. The van der Waals surface area contributed by atoms with Crippen LogP contribution in [0.25, 0.3) is 0 Å². The monoisotopic (exact) mass is 346 g/mol. The lowest BCUT2D eigenvalue weighted by molar-refractivity contribution is -0.137. The van der Waals surface area contributed by atoms with Crippen LogP contribution in [0.1, 0.15) is 51.5 Å². The van der Waals surface area contributed by atoms with Crippen molar-refractivity contribution in [3.05, 3.63) is 29.8 Å². The lowest BCUT2D eigenvalue weighted by Gasteiger charge is -2.29. The number of nitrogens with one attached hydrogen (secondary N) is 1. The predicted octanol–water partition coefficient (Wildman–Crippen LogP) is 3.79. The average Bonchev–Trinajstić information content (AvgIpc) is 2.59. The summed E-state index contributed by atoms with van der Waals surface area (Å²) in [5.74, 6) is 0.731. The van der Waals surface area contributed by atoms with E-state index in [1.54, 1.807) is 0 Å². The largest absolute Gasteiger partial charge is 0.378 e. The highest BCUT2D eigenvalue weighted by molar-refractivity contribution is 5.80. The van der Waals surface area contributed by atoms with Crippen molar-refractivity contribution in [3.63, 3.8) is 0 Å². The number of ether oxygens (including phenoxy) is 1. The Morgan fingerprint density at radius 2 is 2.00 bits per heavy atom. The van der Waals surface area contributed by atoms with Crippen LogP contribution in [0, 0.1) is 5.92 Å². The van der Waals surface area contributed by atoms with Gasteiger partial charge >= 0.3 is 0 Å². The molecule has 4 heteroatoms. The van der Waals surface area contributed by atoms with Crippen molar-refractivity contribution in [1.29, 1.82) is 0 Å². The van der Waals surface area contributed by atoms with Crippen LogP contribution in [0.3, 0.4) is 0 Å². The molecule has 0 radical (unpaired) electrons. The smallest absolute Gasteiger partial charge is 0.248 e. The van der Waals surface area contributed by atoms with Crippen LogP contribution < -0.4 is 10.2 Å². The van der Waals surface area contributed by atoms with E-state index >= 15 is 0 Å². The van der Waals surface area contributed by atoms with Crippen molar-refractivity contribution in [1.82, 2.24) is 5.32 Å². The molecule has 1 aliphatic rings. The third-order valence-electron chi connectivity index (χ3n) is 5.05. The van der Waals surface area contributed by atoms with Crippen LogP contribution in [0.15, 0.2) is 24.3 Å². The molecule has 140 valence electrons. The molecule has 1 aromatic carbocycles. The standard InChI is InChI=1S/C21H34N2O2/c1-16-7-5-9-20(15-16)25-17(2)21(24)22-14-6-8-18-10-12-19(13-11-18)23(3)4/h10-13,16-17,20H,5-9,14-15H2,1-4H3,(H,22,24). The molecule has 1 aromatic rings. The SMILES string of the molecule is CC1CCCC(OC(C)C(=O)NCCCc2ccc(N(C)C)cc2)C1. The molecule has 1 fully saturated rings. The zero-order valence-electron chi connectivity index (χ0n) is 16.3. The third-order valence-corrected chi connectivity index (χ3v) is 5.05. The number of hydrogen-bond donors (Lipinski definition) is 1. The first kappa shape index (κ1) is 19.8. The summed E-state index contributed by atoms with van der Waals surface area (Å²) in [6.45, 7) is 4.84. The number of carbonyl (C=O) groups excluding carboxylic acids is 1. The molecule has 3 unspecified atom stereocenters. The van der Waals surface area contributed by atoms with Crippen LogP contribution in [0.4, 0.5) is 5.69 Å². The quantitative estimate of drug-likeness (QED) is 0.728. The van der Waals surface area contributed by atoms with Gasteiger partial charge in [0.1, 0.15) is 6.10 Å². The van der Waals surface area contributed by atoms with Gasteiger partial charge in [-0.15, -0.1) is 0 Å². The van der Waals surface area contributed by atoms with Crippen molar-refractivity contribution in [2.45, 2.75) is 64.6 Å². The van der Waals surface area contributed by atoms with Gasteiger partial charge in [0.2, 0.25) is 5.91 Å².